The number of halogens is 2. The molecule has 0 saturated heterocycles. The Morgan fingerprint density at radius 2 is 1.75 bits per heavy atom. The number of benzene rings is 2. The molecule has 2 aromatic carbocycles. The largest absolute Gasteiger partial charge is 0.490 e. The Morgan fingerprint density at radius 3 is 2.45 bits per heavy atom. The molecular formula is C15H11BrClNO2. The maximum Gasteiger partial charge on any atom is 0.138 e. The fourth-order valence-corrected chi connectivity index (χ4v) is 1.98. The highest BCUT2D eigenvalue weighted by Gasteiger charge is 2.04. The summed E-state index contributed by atoms with van der Waals surface area (Å²) in [5, 5.41) is 9.50. The highest BCUT2D eigenvalue weighted by molar-refractivity contribution is 9.10. The van der Waals surface area contributed by atoms with Crippen molar-refractivity contribution in [3.8, 4) is 17.6 Å². The summed E-state index contributed by atoms with van der Waals surface area (Å²) in [7, 11) is 0. The van der Waals surface area contributed by atoms with E-state index in [9.17, 15) is 0 Å². The van der Waals surface area contributed by atoms with E-state index in [-0.39, 0.29) is 0 Å². The maximum atomic E-state index is 8.96. The Kier molecular flexibility index (Phi) is 5.28. The van der Waals surface area contributed by atoms with Gasteiger partial charge < -0.3 is 9.47 Å². The summed E-state index contributed by atoms with van der Waals surface area (Å²) in [6.45, 7) is 0.726. The molecule has 0 spiro atoms. The lowest BCUT2D eigenvalue weighted by Crippen LogP contribution is -2.09. The van der Waals surface area contributed by atoms with Crippen LogP contribution in [-0.4, -0.2) is 13.2 Å². The molecular weight excluding hydrogens is 342 g/mol. The van der Waals surface area contributed by atoms with Gasteiger partial charge in [0.25, 0.3) is 0 Å². The summed E-state index contributed by atoms with van der Waals surface area (Å²) in [6.07, 6.45) is 0. The zero-order valence-electron chi connectivity index (χ0n) is 10.5. The highest BCUT2D eigenvalue weighted by Crippen LogP contribution is 2.22. The van der Waals surface area contributed by atoms with E-state index >= 15 is 0 Å². The second-order valence-electron chi connectivity index (χ2n) is 3.90. The normalized spacial score (nSPS) is 9.85. The van der Waals surface area contributed by atoms with Gasteiger partial charge in [0.15, 0.2) is 0 Å². The van der Waals surface area contributed by atoms with Crippen LogP contribution in [0.3, 0.4) is 0 Å². The van der Waals surface area contributed by atoms with Gasteiger partial charge in [-0.15, -0.1) is 0 Å². The van der Waals surface area contributed by atoms with Crippen LogP contribution in [-0.2, 0) is 0 Å². The first-order chi connectivity index (χ1) is 9.69. The number of ether oxygens (including phenoxy) is 2. The van der Waals surface area contributed by atoms with Gasteiger partial charge in [0, 0.05) is 15.6 Å². The lowest BCUT2D eigenvalue weighted by Gasteiger charge is -2.09. The molecule has 0 aliphatic rings. The topological polar surface area (TPSA) is 42.2 Å². The maximum absolute atomic E-state index is 8.96. The molecule has 0 aromatic heterocycles. The number of hydrogen-bond acceptors (Lipinski definition) is 3. The average molecular weight is 353 g/mol. The van der Waals surface area contributed by atoms with Crippen LogP contribution in [0.25, 0.3) is 0 Å². The van der Waals surface area contributed by atoms with Crippen molar-refractivity contribution >= 4 is 27.5 Å². The van der Waals surface area contributed by atoms with Crippen molar-refractivity contribution in [3.63, 3.8) is 0 Å². The third kappa shape index (κ3) is 4.16. The van der Waals surface area contributed by atoms with Crippen molar-refractivity contribution in [2.24, 2.45) is 0 Å². The van der Waals surface area contributed by atoms with Crippen LogP contribution < -0.4 is 9.47 Å². The van der Waals surface area contributed by atoms with Crippen molar-refractivity contribution in [2.45, 2.75) is 0 Å². The summed E-state index contributed by atoms with van der Waals surface area (Å²) in [5.41, 5.74) is 0.457. The minimum atomic E-state index is 0.338. The first-order valence-electron chi connectivity index (χ1n) is 5.90. The molecule has 0 aliphatic carbocycles. The Hall–Kier alpha value is -1.70. The quantitative estimate of drug-likeness (QED) is 0.747. The van der Waals surface area contributed by atoms with Gasteiger partial charge in [-0.05, 0) is 36.4 Å². The molecule has 3 nitrogen and oxygen atoms in total. The van der Waals surface area contributed by atoms with E-state index in [2.05, 4.69) is 22.0 Å². The molecule has 0 N–H and O–H groups in total. The van der Waals surface area contributed by atoms with E-state index < -0.39 is 0 Å². The fourth-order valence-electron chi connectivity index (χ4n) is 1.55. The van der Waals surface area contributed by atoms with Crippen LogP contribution in [0.1, 0.15) is 5.56 Å². The standard InChI is InChI=1S/C15H11BrClNO2/c16-12-2-5-14(6-3-12)19-7-8-20-15-9-13(17)4-1-11(15)10-18/h1-6,9H,7-8H2. The van der Waals surface area contributed by atoms with E-state index in [1.165, 1.54) is 0 Å². The van der Waals surface area contributed by atoms with Gasteiger partial charge in [0.2, 0.25) is 0 Å². The van der Waals surface area contributed by atoms with Crippen LogP contribution in [0.4, 0.5) is 0 Å². The summed E-state index contributed by atoms with van der Waals surface area (Å²) < 4.78 is 12.0. The van der Waals surface area contributed by atoms with Crippen LogP contribution in [0, 0.1) is 11.3 Å². The first-order valence-corrected chi connectivity index (χ1v) is 7.07. The third-order valence-corrected chi connectivity index (χ3v) is 3.25. The lowest BCUT2D eigenvalue weighted by atomic mass is 10.2. The number of nitriles is 1. The van der Waals surface area contributed by atoms with Crippen molar-refractivity contribution in [2.75, 3.05) is 13.2 Å². The van der Waals surface area contributed by atoms with Crippen LogP contribution in [0.2, 0.25) is 5.02 Å². The molecule has 0 unspecified atom stereocenters. The number of rotatable bonds is 5. The third-order valence-electron chi connectivity index (χ3n) is 2.49. The molecule has 20 heavy (non-hydrogen) atoms. The smallest absolute Gasteiger partial charge is 0.138 e. The minimum Gasteiger partial charge on any atom is -0.490 e. The van der Waals surface area contributed by atoms with Gasteiger partial charge >= 0.3 is 0 Å². The van der Waals surface area contributed by atoms with Crippen LogP contribution in [0.5, 0.6) is 11.5 Å². The molecule has 5 heteroatoms. The zero-order chi connectivity index (χ0) is 14.4. The van der Waals surface area contributed by atoms with E-state index in [0.29, 0.717) is 29.5 Å². The van der Waals surface area contributed by atoms with Crippen molar-refractivity contribution in [1.82, 2.24) is 0 Å². The van der Waals surface area contributed by atoms with E-state index in [0.717, 1.165) is 10.2 Å². The van der Waals surface area contributed by atoms with Gasteiger partial charge in [-0.25, -0.2) is 0 Å². The monoisotopic (exact) mass is 351 g/mol. The fraction of sp³-hybridized carbons (Fsp3) is 0.133. The Balaban J connectivity index is 1.86. The molecule has 0 atom stereocenters. The van der Waals surface area contributed by atoms with Gasteiger partial charge in [-0.3, -0.25) is 0 Å². The molecule has 0 heterocycles. The summed E-state index contributed by atoms with van der Waals surface area (Å²) in [5.74, 6) is 1.24. The van der Waals surface area contributed by atoms with E-state index in [4.69, 9.17) is 26.3 Å². The first kappa shape index (κ1) is 14.7. The second-order valence-corrected chi connectivity index (χ2v) is 5.26. The van der Waals surface area contributed by atoms with Crippen molar-refractivity contribution in [1.29, 1.82) is 5.26 Å². The zero-order valence-corrected chi connectivity index (χ0v) is 12.8. The second kappa shape index (κ2) is 7.18. The van der Waals surface area contributed by atoms with Gasteiger partial charge in [-0.2, -0.15) is 5.26 Å². The molecule has 102 valence electrons. The van der Waals surface area contributed by atoms with Gasteiger partial charge in [-0.1, -0.05) is 27.5 Å². The molecule has 2 aromatic rings. The van der Waals surface area contributed by atoms with Crippen LogP contribution in [0.15, 0.2) is 46.9 Å². The number of hydrogen-bond donors (Lipinski definition) is 0. The van der Waals surface area contributed by atoms with Crippen molar-refractivity contribution in [3.05, 3.63) is 57.5 Å². The Morgan fingerprint density at radius 1 is 1.05 bits per heavy atom. The summed E-state index contributed by atoms with van der Waals surface area (Å²) >= 11 is 9.23. The van der Waals surface area contributed by atoms with E-state index in [1.54, 1.807) is 18.2 Å². The lowest BCUT2D eigenvalue weighted by molar-refractivity contribution is 0.217. The summed E-state index contributed by atoms with van der Waals surface area (Å²) in [4.78, 5) is 0. The summed E-state index contributed by atoms with van der Waals surface area (Å²) in [6, 6.07) is 14.5. The molecule has 0 radical (unpaired) electrons. The predicted octanol–water partition coefficient (Wildman–Crippen LogP) is 4.43. The predicted molar refractivity (Wildman–Crippen MR) is 81.3 cm³/mol. The molecule has 0 saturated carbocycles. The Labute approximate surface area is 130 Å². The highest BCUT2D eigenvalue weighted by atomic mass is 79.9. The van der Waals surface area contributed by atoms with Gasteiger partial charge in [0.05, 0.1) is 5.56 Å². The van der Waals surface area contributed by atoms with E-state index in [1.807, 2.05) is 24.3 Å². The minimum absolute atomic E-state index is 0.338. The molecule has 0 fully saturated rings. The molecule has 0 bridgehead atoms. The molecule has 2 rings (SSSR count). The average Bonchev–Trinajstić information content (AvgIpc) is 2.46. The number of nitrogens with zero attached hydrogens (tertiary/aromatic N) is 1. The van der Waals surface area contributed by atoms with Gasteiger partial charge in [0.1, 0.15) is 30.8 Å². The van der Waals surface area contributed by atoms with Crippen LogP contribution >= 0.6 is 27.5 Å². The molecule has 0 aliphatic heterocycles. The molecule has 0 amide bonds. The van der Waals surface area contributed by atoms with Crippen molar-refractivity contribution < 1.29 is 9.47 Å². The SMILES string of the molecule is N#Cc1ccc(Cl)cc1OCCOc1ccc(Br)cc1. The Bertz CT molecular complexity index is 623.